The van der Waals surface area contributed by atoms with Crippen LogP contribution in [0.25, 0.3) is 0 Å². The van der Waals surface area contributed by atoms with E-state index in [0.29, 0.717) is 11.1 Å². The predicted octanol–water partition coefficient (Wildman–Crippen LogP) is 6.74. The Morgan fingerprint density at radius 3 is 1.28 bits per heavy atom. The first-order chi connectivity index (χ1) is 22.4. The summed E-state index contributed by atoms with van der Waals surface area (Å²) in [5, 5.41) is 12.2. The molecule has 8 rings (SSSR count). The van der Waals surface area contributed by atoms with E-state index in [1.165, 1.54) is 18.2 Å². The summed E-state index contributed by atoms with van der Waals surface area (Å²) in [5.74, 6) is -4.61. The van der Waals surface area contributed by atoms with E-state index < -0.39 is 51.2 Å². The Morgan fingerprint density at radius 2 is 0.870 bits per heavy atom. The first-order valence-corrected chi connectivity index (χ1v) is 15.3. The number of carbonyl (C=O) groups excluding carboxylic acids is 3. The molecule has 2 aliphatic carbocycles. The second-order valence-electron chi connectivity index (χ2n) is 12.3. The molecule has 3 aliphatic rings. The Labute approximate surface area is 265 Å². The van der Waals surface area contributed by atoms with E-state index in [4.69, 9.17) is 0 Å². The Bertz CT molecular complexity index is 1900. The average Bonchev–Trinajstić information content (AvgIpc) is 3.61. The summed E-state index contributed by atoms with van der Waals surface area (Å²) in [6, 6.07) is 44.0. The number of hydrogen-bond donors (Lipinski definition) is 0. The van der Waals surface area contributed by atoms with Crippen LogP contribution < -0.4 is 4.90 Å². The molecular weight excluding hydrogens is 576 g/mol. The second kappa shape index (κ2) is 10.2. The standard InChI is InChI=1S/C39H28N2O5/c42-35-33-34(36(43)40(35)29-23-13-14-24-30(29)41(45)46)39(28-21-11-4-12-22-28)32(26-17-7-2-8-18-26)31(25-15-5-1-6-16-25)38(33,37(39)44)27-19-9-3-10-20-27/h1-24,31-34H. The summed E-state index contributed by atoms with van der Waals surface area (Å²) in [5.41, 5.74) is -0.240. The maximum absolute atomic E-state index is 15.9. The number of hydrogen-bond acceptors (Lipinski definition) is 5. The predicted molar refractivity (Wildman–Crippen MR) is 172 cm³/mol. The maximum Gasteiger partial charge on any atom is 0.293 e. The molecule has 7 nitrogen and oxygen atoms in total. The molecule has 0 radical (unpaired) electrons. The van der Waals surface area contributed by atoms with Gasteiger partial charge in [-0.2, -0.15) is 0 Å². The highest BCUT2D eigenvalue weighted by molar-refractivity contribution is 6.30. The summed E-state index contributed by atoms with van der Waals surface area (Å²) in [6.07, 6.45) is 0. The number of anilines is 1. The summed E-state index contributed by atoms with van der Waals surface area (Å²) in [7, 11) is 0. The van der Waals surface area contributed by atoms with Gasteiger partial charge in [0.15, 0.2) is 5.78 Å². The van der Waals surface area contributed by atoms with E-state index in [9.17, 15) is 10.1 Å². The molecule has 7 heteroatoms. The van der Waals surface area contributed by atoms with Gasteiger partial charge in [-0.1, -0.05) is 133 Å². The number of imide groups is 1. The minimum Gasteiger partial charge on any atom is -0.298 e. The number of carbonyl (C=O) groups is 3. The van der Waals surface area contributed by atoms with Crippen LogP contribution in [0, 0.1) is 22.0 Å². The fourth-order valence-electron chi connectivity index (χ4n) is 9.09. The molecule has 1 saturated heterocycles. The molecule has 0 aromatic heterocycles. The zero-order valence-electron chi connectivity index (χ0n) is 24.6. The Balaban J connectivity index is 1.52. The molecule has 2 amide bonds. The Kier molecular flexibility index (Phi) is 6.15. The maximum atomic E-state index is 15.9. The van der Waals surface area contributed by atoms with Crippen LogP contribution in [0.2, 0.25) is 0 Å². The number of para-hydroxylation sites is 2. The number of ketones is 1. The van der Waals surface area contributed by atoms with Gasteiger partial charge in [-0.15, -0.1) is 0 Å². The molecule has 224 valence electrons. The second-order valence-corrected chi connectivity index (χ2v) is 12.3. The summed E-state index contributed by atoms with van der Waals surface area (Å²) in [4.78, 5) is 58.5. The molecule has 6 atom stereocenters. The first-order valence-electron chi connectivity index (χ1n) is 15.3. The lowest BCUT2D eigenvalue weighted by Crippen LogP contribution is -2.49. The van der Waals surface area contributed by atoms with Gasteiger partial charge >= 0.3 is 0 Å². The number of Topliss-reactive ketones (excluding diaryl/α,β-unsaturated/α-hetero) is 1. The van der Waals surface area contributed by atoms with Crippen molar-refractivity contribution < 1.29 is 19.3 Å². The van der Waals surface area contributed by atoms with Gasteiger partial charge in [0.25, 0.3) is 5.69 Å². The highest BCUT2D eigenvalue weighted by atomic mass is 16.6. The van der Waals surface area contributed by atoms with Gasteiger partial charge in [-0.05, 0) is 28.3 Å². The van der Waals surface area contributed by atoms with E-state index in [1.807, 2.05) is 121 Å². The third-order valence-electron chi connectivity index (χ3n) is 10.5. The van der Waals surface area contributed by atoms with Crippen molar-refractivity contribution in [2.45, 2.75) is 22.7 Å². The molecule has 5 aromatic carbocycles. The Hall–Kier alpha value is -5.69. The van der Waals surface area contributed by atoms with E-state index in [2.05, 4.69) is 0 Å². The van der Waals surface area contributed by atoms with Crippen LogP contribution in [0.15, 0.2) is 146 Å². The largest absolute Gasteiger partial charge is 0.298 e. The van der Waals surface area contributed by atoms with E-state index in [0.717, 1.165) is 16.0 Å². The van der Waals surface area contributed by atoms with Crippen molar-refractivity contribution in [1.29, 1.82) is 0 Å². The third-order valence-corrected chi connectivity index (χ3v) is 10.5. The minimum atomic E-state index is -1.45. The van der Waals surface area contributed by atoms with Crippen molar-refractivity contribution >= 4 is 29.0 Å². The van der Waals surface area contributed by atoms with Crippen LogP contribution in [0.5, 0.6) is 0 Å². The topological polar surface area (TPSA) is 97.6 Å². The highest BCUT2D eigenvalue weighted by Gasteiger charge is 2.86. The molecule has 0 spiro atoms. The van der Waals surface area contributed by atoms with Crippen LogP contribution in [0.1, 0.15) is 34.1 Å². The quantitative estimate of drug-likeness (QED) is 0.122. The number of rotatable bonds is 6. The summed E-state index contributed by atoms with van der Waals surface area (Å²) in [6.45, 7) is 0. The van der Waals surface area contributed by atoms with Crippen LogP contribution >= 0.6 is 0 Å². The van der Waals surface area contributed by atoms with Crippen molar-refractivity contribution in [2.75, 3.05) is 4.90 Å². The van der Waals surface area contributed by atoms with Gasteiger partial charge in [-0.3, -0.25) is 24.5 Å². The summed E-state index contributed by atoms with van der Waals surface area (Å²) >= 11 is 0. The number of nitro groups is 1. The van der Waals surface area contributed by atoms with Crippen molar-refractivity contribution in [3.05, 3.63) is 178 Å². The SMILES string of the molecule is O=C1C2C(C(=O)N1c1ccccc1[N+](=O)[O-])C1(c3ccccc3)C(=O)C2(c2ccccc2)C(c2ccccc2)C1c1ccccc1. The van der Waals surface area contributed by atoms with Crippen LogP contribution in [-0.2, 0) is 25.2 Å². The molecule has 46 heavy (non-hydrogen) atoms. The fourth-order valence-corrected chi connectivity index (χ4v) is 9.09. The smallest absolute Gasteiger partial charge is 0.293 e. The lowest BCUT2D eigenvalue weighted by atomic mass is 9.52. The van der Waals surface area contributed by atoms with Crippen LogP contribution in [-0.4, -0.2) is 22.5 Å². The number of amides is 2. The van der Waals surface area contributed by atoms with Crippen molar-refractivity contribution in [2.24, 2.45) is 11.8 Å². The number of nitrogens with zero attached hydrogens (tertiary/aromatic N) is 2. The zero-order valence-corrected chi connectivity index (χ0v) is 24.6. The van der Waals surface area contributed by atoms with Gasteiger partial charge in [0.05, 0.1) is 27.6 Å². The van der Waals surface area contributed by atoms with Crippen molar-refractivity contribution in [1.82, 2.24) is 0 Å². The number of fused-ring (bicyclic) bond motifs is 5. The first kappa shape index (κ1) is 27.8. The fraction of sp³-hybridized carbons (Fsp3) is 0.154. The average molecular weight is 605 g/mol. The molecule has 5 aromatic rings. The van der Waals surface area contributed by atoms with Crippen LogP contribution in [0.3, 0.4) is 0 Å². The third kappa shape index (κ3) is 3.40. The number of nitro benzene ring substituents is 1. The van der Waals surface area contributed by atoms with Gasteiger partial charge < -0.3 is 0 Å². The normalized spacial score (nSPS) is 28.0. The highest BCUT2D eigenvalue weighted by Crippen LogP contribution is 2.77. The van der Waals surface area contributed by atoms with E-state index in [1.54, 1.807) is 6.07 Å². The van der Waals surface area contributed by atoms with Crippen molar-refractivity contribution in [3.8, 4) is 0 Å². The monoisotopic (exact) mass is 604 g/mol. The lowest BCUT2D eigenvalue weighted by molar-refractivity contribution is -0.384. The molecule has 3 fully saturated rings. The zero-order chi connectivity index (χ0) is 31.6. The number of benzene rings is 5. The molecule has 1 heterocycles. The molecule has 2 saturated carbocycles. The van der Waals surface area contributed by atoms with Gasteiger partial charge in [-0.25, -0.2) is 4.90 Å². The summed E-state index contributed by atoms with van der Waals surface area (Å²) < 4.78 is 0. The molecule has 2 bridgehead atoms. The van der Waals surface area contributed by atoms with Gasteiger partial charge in [0.2, 0.25) is 11.8 Å². The van der Waals surface area contributed by atoms with E-state index in [-0.39, 0.29) is 17.2 Å². The van der Waals surface area contributed by atoms with Gasteiger partial charge in [0, 0.05) is 17.9 Å². The molecule has 0 N–H and O–H groups in total. The Morgan fingerprint density at radius 1 is 0.500 bits per heavy atom. The van der Waals surface area contributed by atoms with Gasteiger partial charge in [0.1, 0.15) is 5.69 Å². The van der Waals surface area contributed by atoms with E-state index >= 15 is 14.4 Å². The minimum absolute atomic E-state index is 0.0808. The van der Waals surface area contributed by atoms with Crippen LogP contribution in [0.4, 0.5) is 11.4 Å². The molecule has 1 aliphatic heterocycles. The molecule has 6 unspecified atom stereocenters. The van der Waals surface area contributed by atoms with Crippen molar-refractivity contribution in [3.63, 3.8) is 0 Å². The lowest BCUT2D eigenvalue weighted by Gasteiger charge is -2.46. The molecular formula is C39H28N2O5.